The quantitative estimate of drug-likeness (QED) is 0.300. The van der Waals surface area contributed by atoms with Crippen molar-refractivity contribution in [3.8, 4) is 0 Å². The molecule has 0 spiro atoms. The molecular weight excluding hydrogens is 389 g/mol. The van der Waals surface area contributed by atoms with Crippen molar-refractivity contribution in [1.29, 1.82) is 0 Å². The van der Waals surface area contributed by atoms with E-state index in [2.05, 4.69) is 60.7 Å². The molecule has 0 amide bonds. The summed E-state index contributed by atoms with van der Waals surface area (Å²) in [4.78, 5) is 0. The fourth-order valence-corrected chi connectivity index (χ4v) is 2.67. The molecule has 0 heterocycles. The van der Waals surface area contributed by atoms with Crippen LogP contribution in [0.4, 0.5) is 0 Å². The third-order valence-electron chi connectivity index (χ3n) is 3.39. The Morgan fingerprint density at radius 1 is 0.412 bits per heavy atom. The van der Waals surface area contributed by atoms with E-state index >= 15 is 0 Å². The van der Waals surface area contributed by atoms with Gasteiger partial charge in [0.2, 0.25) is 0 Å². The van der Waals surface area contributed by atoms with E-state index in [4.69, 9.17) is 0 Å². The summed E-state index contributed by atoms with van der Waals surface area (Å²) in [5.74, 6) is 0. The minimum absolute atomic E-state index is 0. The molecule has 1 radical (unpaired) electrons. The Balaban J connectivity index is 0.000000902. The van der Waals surface area contributed by atoms with Crippen LogP contribution in [0.25, 0.3) is 32.3 Å². The number of hydrogen-bond donors (Lipinski definition) is 0. The van der Waals surface area contributed by atoms with Crippen LogP contribution in [0.2, 0.25) is 0 Å². The molecule has 17 heavy (non-hydrogen) atoms. The first kappa shape index (κ1) is 10.8. The van der Waals surface area contributed by atoms with E-state index < -0.39 is 0 Å². The molecule has 0 N–H and O–H groups in total. The maximum atomic E-state index is 2.21. The molecule has 0 saturated heterocycles. The minimum Gasteiger partial charge on any atom is -0.0610 e. The van der Waals surface area contributed by atoms with Crippen LogP contribution < -0.4 is 0 Å². The number of hydrogen-bond acceptors (Lipinski definition) is 0. The van der Waals surface area contributed by atoms with E-state index in [-0.39, 0.29) is 22.4 Å². The molecular formula is C16H10Au. The van der Waals surface area contributed by atoms with Crippen LogP contribution in [-0.4, -0.2) is 0 Å². The van der Waals surface area contributed by atoms with Crippen LogP contribution >= 0.6 is 0 Å². The van der Waals surface area contributed by atoms with E-state index in [1.54, 1.807) is 0 Å². The van der Waals surface area contributed by atoms with Crippen LogP contribution in [0.3, 0.4) is 0 Å². The van der Waals surface area contributed by atoms with Gasteiger partial charge in [0.05, 0.1) is 0 Å². The summed E-state index contributed by atoms with van der Waals surface area (Å²) in [6.07, 6.45) is 0. The second-order valence-corrected chi connectivity index (χ2v) is 4.29. The van der Waals surface area contributed by atoms with Crippen molar-refractivity contribution in [3.05, 3.63) is 60.7 Å². The van der Waals surface area contributed by atoms with Crippen molar-refractivity contribution in [1.82, 2.24) is 0 Å². The van der Waals surface area contributed by atoms with Gasteiger partial charge in [-0.3, -0.25) is 0 Å². The molecule has 0 atom stereocenters. The maximum Gasteiger partial charge on any atom is 0 e. The molecule has 0 aliphatic rings. The van der Waals surface area contributed by atoms with Gasteiger partial charge in [0.25, 0.3) is 0 Å². The standard InChI is InChI=1S/C16H10.Au/c1-3-11-7-9-13-5-2-6-14-10-8-12(4-1)15(11)16(13)14;/h1-10H;. The largest absolute Gasteiger partial charge is 0.0610 e. The molecule has 4 aromatic carbocycles. The Morgan fingerprint density at radius 3 is 1.00 bits per heavy atom. The SMILES string of the molecule is [Au].c1cc2ccc3cccc4ccc(c1)c2c34. The summed E-state index contributed by atoms with van der Waals surface area (Å²) >= 11 is 0. The first-order valence-electron chi connectivity index (χ1n) is 5.56. The fraction of sp³-hybridized carbons (Fsp3) is 0. The average molecular weight is 399 g/mol. The van der Waals surface area contributed by atoms with Gasteiger partial charge in [0.15, 0.2) is 0 Å². The van der Waals surface area contributed by atoms with Crippen molar-refractivity contribution in [2.24, 2.45) is 0 Å². The normalized spacial score (nSPS) is 11.1. The molecule has 0 aliphatic carbocycles. The van der Waals surface area contributed by atoms with Gasteiger partial charge in [0.1, 0.15) is 0 Å². The van der Waals surface area contributed by atoms with Crippen molar-refractivity contribution in [2.75, 3.05) is 0 Å². The summed E-state index contributed by atoms with van der Waals surface area (Å²) in [7, 11) is 0. The Bertz CT molecular complexity index is 672. The molecule has 0 bridgehead atoms. The van der Waals surface area contributed by atoms with Gasteiger partial charge in [-0.1, -0.05) is 60.7 Å². The minimum atomic E-state index is 0. The van der Waals surface area contributed by atoms with Crippen molar-refractivity contribution in [2.45, 2.75) is 0 Å². The monoisotopic (exact) mass is 399 g/mol. The Labute approximate surface area is 115 Å². The predicted octanol–water partition coefficient (Wildman–Crippen LogP) is 4.58. The number of rotatable bonds is 0. The molecule has 1 heteroatoms. The van der Waals surface area contributed by atoms with Gasteiger partial charge in [-0.2, -0.15) is 0 Å². The van der Waals surface area contributed by atoms with Gasteiger partial charge < -0.3 is 0 Å². The van der Waals surface area contributed by atoms with Crippen molar-refractivity contribution in [3.63, 3.8) is 0 Å². The van der Waals surface area contributed by atoms with Crippen LogP contribution in [-0.2, 0) is 22.4 Å². The van der Waals surface area contributed by atoms with Crippen molar-refractivity contribution < 1.29 is 22.4 Å². The molecule has 4 rings (SSSR count). The molecule has 0 nitrogen and oxygen atoms in total. The zero-order valence-corrected chi connectivity index (χ0v) is 11.2. The van der Waals surface area contributed by atoms with Gasteiger partial charge in [-0.05, 0) is 32.3 Å². The second kappa shape index (κ2) is 3.85. The Kier molecular flexibility index (Phi) is 2.44. The molecule has 0 fully saturated rings. The van der Waals surface area contributed by atoms with Crippen molar-refractivity contribution >= 4 is 32.3 Å². The van der Waals surface area contributed by atoms with Crippen LogP contribution in [0.15, 0.2) is 60.7 Å². The smallest absolute Gasteiger partial charge is 0 e. The number of benzene rings is 4. The van der Waals surface area contributed by atoms with Gasteiger partial charge >= 0.3 is 0 Å². The maximum absolute atomic E-state index is 2.21. The average Bonchev–Trinajstić information content (AvgIpc) is 2.36. The van der Waals surface area contributed by atoms with Gasteiger partial charge in [0, 0.05) is 22.4 Å². The molecule has 0 unspecified atom stereocenters. The molecule has 85 valence electrons. The van der Waals surface area contributed by atoms with E-state index in [1.165, 1.54) is 32.3 Å². The molecule has 0 saturated carbocycles. The summed E-state index contributed by atoms with van der Waals surface area (Å²) in [6.45, 7) is 0. The van der Waals surface area contributed by atoms with Gasteiger partial charge in [-0.15, -0.1) is 0 Å². The summed E-state index contributed by atoms with van der Waals surface area (Å²) in [5, 5.41) is 8.14. The third-order valence-corrected chi connectivity index (χ3v) is 3.39. The zero-order chi connectivity index (χ0) is 10.5. The molecule has 0 aliphatic heterocycles. The van der Waals surface area contributed by atoms with Crippen LogP contribution in [0, 0.1) is 0 Å². The van der Waals surface area contributed by atoms with E-state index in [9.17, 15) is 0 Å². The Morgan fingerprint density at radius 2 is 0.706 bits per heavy atom. The van der Waals surface area contributed by atoms with Crippen LogP contribution in [0.5, 0.6) is 0 Å². The summed E-state index contributed by atoms with van der Waals surface area (Å²) in [5.41, 5.74) is 0. The van der Waals surface area contributed by atoms with E-state index in [0.717, 1.165) is 0 Å². The van der Waals surface area contributed by atoms with E-state index in [0.29, 0.717) is 0 Å². The topological polar surface area (TPSA) is 0 Å². The third kappa shape index (κ3) is 1.42. The predicted molar refractivity (Wildman–Crippen MR) is 70.1 cm³/mol. The summed E-state index contributed by atoms with van der Waals surface area (Å²) in [6, 6.07) is 21.9. The first-order chi connectivity index (χ1) is 7.93. The van der Waals surface area contributed by atoms with Crippen LogP contribution in [0.1, 0.15) is 0 Å². The summed E-state index contributed by atoms with van der Waals surface area (Å²) < 4.78 is 0. The Hall–Kier alpha value is -1.34. The van der Waals surface area contributed by atoms with Gasteiger partial charge in [-0.25, -0.2) is 0 Å². The molecule has 0 aromatic heterocycles. The zero-order valence-electron chi connectivity index (χ0n) is 9.08. The second-order valence-electron chi connectivity index (χ2n) is 4.29. The van der Waals surface area contributed by atoms with E-state index in [1.807, 2.05) is 0 Å². The fourth-order valence-electron chi connectivity index (χ4n) is 2.67. The first-order valence-corrected chi connectivity index (χ1v) is 5.56. The molecule has 4 aromatic rings.